The zero-order valence-corrected chi connectivity index (χ0v) is 17.5. The SMILES string of the molecule is NS(=O)(=O)OCC1C[C@@H](Nc2ccnc3cc(-c4cc5ccccc5o4)nn23)[C@H](O)[C@@H]1O. The van der Waals surface area contributed by atoms with Crippen molar-refractivity contribution < 1.29 is 27.2 Å². The Bertz CT molecular complexity index is 1350. The summed E-state index contributed by atoms with van der Waals surface area (Å²) in [7, 11) is -4.14. The lowest BCUT2D eigenvalue weighted by atomic mass is 10.1. The smallest absolute Gasteiger partial charge is 0.333 e. The van der Waals surface area contributed by atoms with Gasteiger partial charge in [-0.15, -0.1) is 0 Å². The van der Waals surface area contributed by atoms with Crippen molar-refractivity contribution in [3.05, 3.63) is 48.7 Å². The summed E-state index contributed by atoms with van der Waals surface area (Å²) < 4.78 is 34.1. The summed E-state index contributed by atoms with van der Waals surface area (Å²) in [5.41, 5.74) is 1.91. The molecule has 5 N–H and O–H groups in total. The summed E-state index contributed by atoms with van der Waals surface area (Å²) in [4.78, 5) is 4.33. The second kappa shape index (κ2) is 7.83. The van der Waals surface area contributed by atoms with Gasteiger partial charge in [-0.05, 0) is 24.6 Å². The maximum Gasteiger partial charge on any atom is 0.333 e. The normalized spacial score (nSPS) is 23.8. The zero-order chi connectivity index (χ0) is 22.5. The van der Waals surface area contributed by atoms with Crippen molar-refractivity contribution in [1.82, 2.24) is 14.6 Å². The first-order valence-electron chi connectivity index (χ1n) is 9.92. The van der Waals surface area contributed by atoms with Crippen LogP contribution in [0.25, 0.3) is 28.1 Å². The molecule has 0 amide bonds. The lowest BCUT2D eigenvalue weighted by Gasteiger charge is -2.19. The van der Waals surface area contributed by atoms with Gasteiger partial charge in [-0.25, -0.2) is 10.1 Å². The fourth-order valence-electron chi connectivity index (χ4n) is 4.04. The third-order valence-corrected chi connectivity index (χ3v) is 6.08. The molecule has 3 heterocycles. The molecule has 32 heavy (non-hydrogen) atoms. The summed E-state index contributed by atoms with van der Waals surface area (Å²) in [5.74, 6) is 0.530. The predicted octanol–water partition coefficient (Wildman–Crippen LogP) is 0.885. The molecule has 1 fully saturated rings. The van der Waals surface area contributed by atoms with Gasteiger partial charge in [0.05, 0.1) is 18.8 Å². The standard InChI is InChI=1S/C20H21N5O6S/c21-32(28,29)30-10-12-7-14(20(27)19(12)26)23-17-5-6-22-18-9-13(24-25(17)18)16-8-11-3-1-2-4-15(11)31-16/h1-6,8-9,12,14,19-20,23,26-27H,7,10H2,(H2,21,28,29)/t12?,14-,19-,20+/m1/s1. The van der Waals surface area contributed by atoms with Crippen LogP contribution in [0.2, 0.25) is 0 Å². The highest BCUT2D eigenvalue weighted by molar-refractivity contribution is 7.84. The van der Waals surface area contributed by atoms with Crippen LogP contribution < -0.4 is 10.5 Å². The molecule has 0 bridgehead atoms. The van der Waals surface area contributed by atoms with Crippen molar-refractivity contribution in [2.45, 2.75) is 24.7 Å². The van der Waals surface area contributed by atoms with Crippen LogP contribution in [-0.4, -0.2) is 58.1 Å². The average Bonchev–Trinajstić information content (AvgIpc) is 3.44. The molecule has 0 saturated heterocycles. The summed E-state index contributed by atoms with van der Waals surface area (Å²) in [5, 5.41) is 34.3. The molecule has 5 rings (SSSR count). The molecule has 3 aromatic heterocycles. The minimum atomic E-state index is -4.14. The third kappa shape index (κ3) is 3.94. The molecule has 0 aliphatic heterocycles. The van der Waals surface area contributed by atoms with E-state index in [1.165, 1.54) is 0 Å². The second-order valence-electron chi connectivity index (χ2n) is 7.78. The van der Waals surface area contributed by atoms with Crippen molar-refractivity contribution in [2.24, 2.45) is 11.1 Å². The van der Waals surface area contributed by atoms with Gasteiger partial charge in [-0.1, -0.05) is 18.2 Å². The van der Waals surface area contributed by atoms with Crippen LogP contribution in [0.5, 0.6) is 0 Å². The average molecular weight is 459 g/mol. The Morgan fingerprint density at radius 1 is 1.22 bits per heavy atom. The molecule has 1 aliphatic carbocycles. The predicted molar refractivity (Wildman–Crippen MR) is 115 cm³/mol. The Balaban J connectivity index is 1.40. The molecule has 1 aliphatic rings. The van der Waals surface area contributed by atoms with Gasteiger partial charge in [0.25, 0.3) is 0 Å². The molecule has 1 unspecified atom stereocenters. The Morgan fingerprint density at radius 2 is 2.03 bits per heavy atom. The van der Waals surface area contributed by atoms with E-state index in [-0.39, 0.29) is 13.0 Å². The van der Waals surface area contributed by atoms with Gasteiger partial charge < -0.3 is 19.9 Å². The molecular formula is C20H21N5O6S. The highest BCUT2D eigenvalue weighted by atomic mass is 32.2. The molecule has 0 spiro atoms. The van der Waals surface area contributed by atoms with Crippen molar-refractivity contribution in [3.8, 4) is 11.5 Å². The highest BCUT2D eigenvalue weighted by Crippen LogP contribution is 2.31. The van der Waals surface area contributed by atoms with E-state index in [0.717, 1.165) is 11.0 Å². The number of furan rings is 1. The Kier molecular flexibility index (Phi) is 5.10. The van der Waals surface area contributed by atoms with Crippen molar-refractivity contribution in [3.63, 3.8) is 0 Å². The summed E-state index contributed by atoms with van der Waals surface area (Å²) in [6, 6.07) is 12.5. The van der Waals surface area contributed by atoms with E-state index in [2.05, 4.69) is 19.6 Å². The second-order valence-corrected chi connectivity index (χ2v) is 9.00. The number of aromatic nitrogens is 3. The van der Waals surface area contributed by atoms with E-state index >= 15 is 0 Å². The molecule has 4 aromatic rings. The first-order chi connectivity index (χ1) is 15.3. The summed E-state index contributed by atoms with van der Waals surface area (Å²) in [6.07, 6.45) is -0.450. The van der Waals surface area contributed by atoms with Crippen LogP contribution in [0.1, 0.15) is 6.42 Å². The van der Waals surface area contributed by atoms with Crippen molar-refractivity contribution in [2.75, 3.05) is 11.9 Å². The minimum absolute atomic E-state index is 0.263. The molecule has 0 radical (unpaired) electrons. The van der Waals surface area contributed by atoms with Gasteiger partial charge in [-0.3, -0.25) is 4.18 Å². The Morgan fingerprint density at radius 3 is 2.81 bits per heavy atom. The number of aliphatic hydroxyl groups is 2. The fraction of sp³-hybridized carbons (Fsp3) is 0.300. The molecule has 1 aromatic carbocycles. The van der Waals surface area contributed by atoms with Gasteiger partial charge in [-0.2, -0.15) is 18.0 Å². The maximum absolute atomic E-state index is 11.0. The molecule has 1 saturated carbocycles. The maximum atomic E-state index is 11.0. The minimum Gasteiger partial charge on any atom is -0.454 e. The van der Waals surface area contributed by atoms with Gasteiger partial charge in [0, 0.05) is 23.6 Å². The molecule has 11 nitrogen and oxygen atoms in total. The van der Waals surface area contributed by atoms with Crippen molar-refractivity contribution >= 4 is 32.7 Å². The molecule has 12 heteroatoms. The van der Waals surface area contributed by atoms with E-state index in [1.807, 2.05) is 30.3 Å². The number of nitrogens with one attached hydrogen (secondary N) is 1. The monoisotopic (exact) mass is 459 g/mol. The first kappa shape index (κ1) is 20.8. The lowest BCUT2D eigenvalue weighted by Crippen LogP contribution is -2.36. The number of fused-ring (bicyclic) bond motifs is 2. The largest absolute Gasteiger partial charge is 0.454 e. The number of hydrogen-bond acceptors (Lipinski definition) is 9. The van der Waals surface area contributed by atoms with Gasteiger partial charge >= 0.3 is 10.3 Å². The van der Waals surface area contributed by atoms with Crippen molar-refractivity contribution in [1.29, 1.82) is 0 Å². The van der Waals surface area contributed by atoms with Crippen LogP contribution in [0.3, 0.4) is 0 Å². The Hall–Kier alpha value is -3.03. The number of nitrogens with two attached hydrogens (primary N) is 1. The van der Waals surface area contributed by atoms with E-state index in [0.29, 0.717) is 22.9 Å². The first-order valence-corrected chi connectivity index (χ1v) is 11.4. The van der Waals surface area contributed by atoms with E-state index in [9.17, 15) is 18.6 Å². The molecule has 168 valence electrons. The molecule has 4 atom stereocenters. The zero-order valence-electron chi connectivity index (χ0n) is 16.7. The van der Waals surface area contributed by atoms with Gasteiger partial charge in [0.1, 0.15) is 23.2 Å². The lowest BCUT2D eigenvalue weighted by molar-refractivity contribution is 0.00777. The number of aliphatic hydroxyl groups excluding tert-OH is 2. The molecular weight excluding hydrogens is 438 g/mol. The van der Waals surface area contributed by atoms with E-state index in [4.69, 9.17) is 9.56 Å². The topological polar surface area (TPSA) is 165 Å². The highest BCUT2D eigenvalue weighted by Gasteiger charge is 2.42. The number of para-hydroxylation sites is 1. The van der Waals surface area contributed by atoms with Crippen LogP contribution in [-0.2, 0) is 14.5 Å². The van der Waals surface area contributed by atoms with E-state index in [1.54, 1.807) is 22.8 Å². The van der Waals surface area contributed by atoms with Crippen LogP contribution in [0, 0.1) is 5.92 Å². The van der Waals surface area contributed by atoms with Crippen LogP contribution >= 0.6 is 0 Å². The number of hydrogen-bond donors (Lipinski definition) is 4. The van der Waals surface area contributed by atoms with Gasteiger partial charge in [0.2, 0.25) is 0 Å². The van der Waals surface area contributed by atoms with Crippen LogP contribution in [0.15, 0.2) is 53.1 Å². The third-order valence-electron chi connectivity index (χ3n) is 5.62. The fourth-order valence-corrected chi connectivity index (χ4v) is 4.40. The number of anilines is 1. The number of nitrogens with zero attached hydrogens (tertiary/aromatic N) is 3. The number of rotatable bonds is 6. The Labute approximate surface area is 182 Å². The summed E-state index contributed by atoms with van der Waals surface area (Å²) in [6.45, 7) is -0.320. The van der Waals surface area contributed by atoms with Crippen LogP contribution in [0.4, 0.5) is 5.82 Å². The van der Waals surface area contributed by atoms with Gasteiger partial charge in [0.15, 0.2) is 11.4 Å². The van der Waals surface area contributed by atoms with E-state index < -0.39 is 34.5 Å². The quantitative estimate of drug-likeness (QED) is 0.327. The number of benzene rings is 1. The summed E-state index contributed by atoms with van der Waals surface area (Å²) >= 11 is 0.